The van der Waals surface area contributed by atoms with Crippen LogP contribution in [0.3, 0.4) is 0 Å². The van der Waals surface area contributed by atoms with E-state index in [-0.39, 0.29) is 9.76 Å². The first-order valence-electron chi connectivity index (χ1n) is 2.68. The van der Waals surface area contributed by atoms with Crippen LogP contribution in [-0.4, -0.2) is 28.5 Å². The van der Waals surface area contributed by atoms with Crippen LogP contribution in [0, 0.1) is 0 Å². The fourth-order valence-corrected chi connectivity index (χ4v) is 1.02. The first-order chi connectivity index (χ1) is 3.91. The van der Waals surface area contributed by atoms with Gasteiger partial charge in [-0.15, -0.1) is 0 Å². The molecule has 4 heteroatoms. The summed E-state index contributed by atoms with van der Waals surface area (Å²) in [6, 6.07) is 0. The largest absolute Gasteiger partial charge is 0.401 e. The van der Waals surface area contributed by atoms with Crippen molar-refractivity contribution >= 4 is 22.4 Å². The predicted molar refractivity (Wildman–Crippen MR) is 40.0 cm³/mol. The minimum atomic E-state index is -0.359. The Hall–Kier alpha value is 0.487. The van der Waals surface area contributed by atoms with E-state index in [9.17, 15) is 0 Å². The van der Waals surface area contributed by atoms with E-state index in [1.54, 1.807) is 0 Å². The zero-order valence-electron chi connectivity index (χ0n) is 5.09. The Kier molecular flexibility index (Phi) is 7.94. The Morgan fingerprint density at radius 2 is 2.38 bits per heavy atom. The van der Waals surface area contributed by atoms with Crippen LogP contribution in [0.4, 0.5) is 0 Å². The van der Waals surface area contributed by atoms with Crippen molar-refractivity contribution in [1.82, 2.24) is 0 Å². The first-order valence-corrected chi connectivity index (χ1v) is 4.89. The van der Waals surface area contributed by atoms with E-state index in [0.29, 0.717) is 6.79 Å². The van der Waals surface area contributed by atoms with E-state index in [0.717, 1.165) is 12.0 Å². The number of thiol groups is 1. The second-order valence-electron chi connectivity index (χ2n) is 1.24. The molecule has 2 nitrogen and oxygen atoms in total. The van der Waals surface area contributed by atoms with Gasteiger partial charge in [-0.1, -0.05) is 0 Å². The van der Waals surface area contributed by atoms with Gasteiger partial charge < -0.3 is 9.16 Å². The third-order valence-electron chi connectivity index (χ3n) is 0.606. The van der Waals surface area contributed by atoms with Crippen LogP contribution >= 0.6 is 12.6 Å². The summed E-state index contributed by atoms with van der Waals surface area (Å²) in [5, 5.41) is 0.896. The summed E-state index contributed by atoms with van der Waals surface area (Å²) in [6.45, 7) is 3.15. The number of hydrogen-bond donors (Lipinski definition) is 1. The molecule has 0 aromatic carbocycles. The molecule has 0 aromatic rings. The topological polar surface area (TPSA) is 18.5 Å². The van der Waals surface area contributed by atoms with Crippen LogP contribution in [0.5, 0.6) is 0 Å². The van der Waals surface area contributed by atoms with Crippen LogP contribution in [0.1, 0.15) is 6.92 Å². The second kappa shape index (κ2) is 7.49. The van der Waals surface area contributed by atoms with Gasteiger partial charge in [-0.2, -0.15) is 12.6 Å². The van der Waals surface area contributed by atoms with Crippen LogP contribution in [-0.2, 0) is 9.16 Å². The maximum Gasteiger partial charge on any atom is 0.174 e. The van der Waals surface area contributed by atoms with E-state index < -0.39 is 0 Å². The van der Waals surface area contributed by atoms with Crippen LogP contribution in [0.2, 0.25) is 0 Å². The zero-order chi connectivity index (χ0) is 6.24. The summed E-state index contributed by atoms with van der Waals surface area (Å²) < 4.78 is 9.98. The average Bonchev–Trinajstić information content (AvgIpc) is 1.81. The van der Waals surface area contributed by atoms with Crippen LogP contribution < -0.4 is 0 Å². The lowest BCUT2D eigenvalue weighted by atomic mass is 10.9. The van der Waals surface area contributed by atoms with Gasteiger partial charge in [-0.25, -0.2) is 0 Å². The Balaban J connectivity index is 2.53. The van der Waals surface area contributed by atoms with Gasteiger partial charge in [-0.05, 0) is 6.92 Å². The van der Waals surface area contributed by atoms with Crippen LogP contribution in [0.25, 0.3) is 0 Å². The molecule has 0 heterocycles. The molecule has 0 unspecified atom stereocenters. The molecule has 0 amide bonds. The summed E-state index contributed by atoms with van der Waals surface area (Å²) in [5.74, 6) is 0. The maximum atomic E-state index is 5.06. The van der Waals surface area contributed by atoms with E-state index in [1.165, 1.54) is 0 Å². The van der Waals surface area contributed by atoms with Crippen molar-refractivity contribution in [2.24, 2.45) is 0 Å². The molecule has 0 N–H and O–H groups in total. The fraction of sp³-hybridized carbons (Fsp3) is 1.00. The molecule has 0 aromatic heterocycles. The number of hydrogen-bond acceptors (Lipinski definition) is 3. The number of ether oxygens (including phenoxy) is 1. The van der Waals surface area contributed by atoms with Crippen molar-refractivity contribution in [2.45, 2.75) is 6.92 Å². The molecule has 0 aliphatic heterocycles. The van der Waals surface area contributed by atoms with Gasteiger partial charge in [0.1, 0.15) is 6.79 Å². The third kappa shape index (κ3) is 6.49. The maximum absolute atomic E-state index is 5.06. The Bertz CT molecular complexity index is 39.0. The monoisotopic (exact) mass is 152 g/mol. The summed E-state index contributed by atoms with van der Waals surface area (Å²) >= 11 is 4.00. The molecular formula is C4H12O2SSi. The lowest BCUT2D eigenvalue weighted by Gasteiger charge is -1.99. The van der Waals surface area contributed by atoms with Crippen molar-refractivity contribution in [3.05, 3.63) is 0 Å². The smallest absolute Gasteiger partial charge is 0.174 e. The summed E-state index contributed by atoms with van der Waals surface area (Å²) in [4.78, 5) is 0. The predicted octanol–water partition coefficient (Wildman–Crippen LogP) is -0.0319. The van der Waals surface area contributed by atoms with Crippen molar-refractivity contribution in [3.8, 4) is 0 Å². The molecule has 0 aliphatic carbocycles. The van der Waals surface area contributed by atoms with Crippen molar-refractivity contribution < 1.29 is 9.16 Å². The van der Waals surface area contributed by atoms with Gasteiger partial charge >= 0.3 is 0 Å². The summed E-state index contributed by atoms with van der Waals surface area (Å²) in [6.07, 6.45) is 0. The van der Waals surface area contributed by atoms with Crippen molar-refractivity contribution in [1.29, 1.82) is 0 Å². The first kappa shape index (κ1) is 8.49. The third-order valence-corrected chi connectivity index (χ3v) is 1.79. The molecule has 50 valence electrons. The highest BCUT2D eigenvalue weighted by molar-refractivity contribution is 7.81. The molecule has 0 saturated heterocycles. The summed E-state index contributed by atoms with van der Waals surface area (Å²) in [5.41, 5.74) is 0. The average molecular weight is 152 g/mol. The molecule has 0 rings (SSSR count). The Morgan fingerprint density at radius 3 is 2.88 bits per heavy atom. The van der Waals surface area contributed by atoms with Gasteiger partial charge in [0.25, 0.3) is 0 Å². The minimum absolute atomic E-state index is 0.359. The number of rotatable bonds is 5. The lowest BCUT2D eigenvalue weighted by Crippen LogP contribution is -2.04. The van der Waals surface area contributed by atoms with E-state index in [4.69, 9.17) is 9.16 Å². The second-order valence-corrected chi connectivity index (χ2v) is 3.85. The molecule has 0 atom stereocenters. The molecule has 8 heavy (non-hydrogen) atoms. The van der Waals surface area contributed by atoms with Gasteiger partial charge in [-0.3, -0.25) is 0 Å². The van der Waals surface area contributed by atoms with Gasteiger partial charge in [0.15, 0.2) is 9.76 Å². The lowest BCUT2D eigenvalue weighted by molar-refractivity contribution is 0.0248. The standard InChI is InChI=1S/C4H12O2SSi/c1-2-5-3-6-8-4-7/h7H,2-4,8H2,1H3. The summed E-state index contributed by atoms with van der Waals surface area (Å²) in [7, 11) is -0.359. The highest BCUT2D eigenvalue weighted by atomic mass is 32.1. The van der Waals surface area contributed by atoms with Crippen molar-refractivity contribution in [2.75, 3.05) is 18.8 Å². The normalized spacial score (nSPS) is 11.2. The molecule has 0 aliphatic rings. The quantitative estimate of drug-likeness (QED) is 0.258. The fourth-order valence-electron chi connectivity index (χ4n) is 0.266. The minimum Gasteiger partial charge on any atom is -0.401 e. The highest BCUT2D eigenvalue weighted by Crippen LogP contribution is 1.76. The van der Waals surface area contributed by atoms with E-state index >= 15 is 0 Å². The molecule has 0 bridgehead atoms. The van der Waals surface area contributed by atoms with Crippen molar-refractivity contribution in [3.63, 3.8) is 0 Å². The van der Waals surface area contributed by atoms with E-state index in [2.05, 4.69) is 12.6 Å². The van der Waals surface area contributed by atoms with Gasteiger partial charge in [0, 0.05) is 12.0 Å². The molecule has 0 fully saturated rings. The zero-order valence-corrected chi connectivity index (χ0v) is 7.40. The Labute approximate surface area is 57.9 Å². The van der Waals surface area contributed by atoms with Gasteiger partial charge in [0.2, 0.25) is 0 Å². The van der Waals surface area contributed by atoms with Crippen LogP contribution in [0.15, 0.2) is 0 Å². The highest BCUT2D eigenvalue weighted by Gasteiger charge is 1.82. The Morgan fingerprint density at radius 1 is 1.62 bits per heavy atom. The SMILES string of the molecule is CCOCO[SiH2]CS. The molecular weight excluding hydrogens is 140 g/mol. The molecule has 0 radical (unpaired) electrons. The molecule has 0 saturated carbocycles. The van der Waals surface area contributed by atoms with Gasteiger partial charge in [0.05, 0.1) is 0 Å². The molecule has 0 spiro atoms. The van der Waals surface area contributed by atoms with E-state index in [1.807, 2.05) is 6.92 Å².